The second-order valence-corrected chi connectivity index (χ2v) is 7.05. The molecule has 0 amide bonds. The molecule has 1 rings (SSSR count). The Bertz CT molecular complexity index is 373. The van der Waals surface area contributed by atoms with E-state index in [1.807, 2.05) is 0 Å². The number of nitrogens with one attached hydrogen (secondary N) is 1. The third-order valence-electron chi connectivity index (χ3n) is 3.06. The Morgan fingerprint density at radius 1 is 1.00 bits per heavy atom. The molecule has 0 bridgehead atoms. The Hall–Kier alpha value is -1.02. The van der Waals surface area contributed by atoms with Crippen molar-refractivity contribution in [3.05, 3.63) is 29.8 Å². The number of rotatable bonds is 6. The minimum atomic E-state index is 0.122. The predicted molar refractivity (Wildman–Crippen MR) is 82.9 cm³/mol. The van der Waals surface area contributed by atoms with Gasteiger partial charge in [-0.25, -0.2) is 0 Å². The van der Waals surface area contributed by atoms with Crippen molar-refractivity contribution < 1.29 is 4.74 Å². The molecule has 1 N–H and O–H groups in total. The summed E-state index contributed by atoms with van der Waals surface area (Å²) in [5.41, 5.74) is 1.62. The SMILES string of the molecule is CCc1ccc(OCC(C)(C)CNC(C)(C)C)cc1. The van der Waals surface area contributed by atoms with Crippen LogP contribution >= 0.6 is 0 Å². The van der Waals surface area contributed by atoms with Crippen LogP contribution < -0.4 is 10.1 Å². The second kappa shape index (κ2) is 6.42. The van der Waals surface area contributed by atoms with Crippen molar-refractivity contribution in [3.63, 3.8) is 0 Å². The topological polar surface area (TPSA) is 21.3 Å². The Morgan fingerprint density at radius 3 is 2.05 bits per heavy atom. The van der Waals surface area contributed by atoms with Crippen LogP contribution in [0, 0.1) is 5.41 Å². The van der Waals surface area contributed by atoms with Crippen molar-refractivity contribution in [2.24, 2.45) is 5.41 Å². The second-order valence-electron chi connectivity index (χ2n) is 7.05. The molecule has 0 fully saturated rings. The summed E-state index contributed by atoms with van der Waals surface area (Å²) in [6.45, 7) is 14.9. The van der Waals surface area contributed by atoms with E-state index in [1.165, 1.54) is 5.56 Å². The van der Waals surface area contributed by atoms with E-state index in [1.54, 1.807) is 0 Å². The van der Waals surface area contributed by atoms with Crippen molar-refractivity contribution in [2.75, 3.05) is 13.2 Å². The number of aryl methyl sites for hydroxylation is 1. The Labute approximate surface area is 118 Å². The van der Waals surface area contributed by atoms with Gasteiger partial charge < -0.3 is 10.1 Å². The molecule has 0 radical (unpaired) electrons. The zero-order valence-electron chi connectivity index (χ0n) is 13.3. The highest BCUT2D eigenvalue weighted by Gasteiger charge is 2.21. The molecule has 0 aliphatic heterocycles. The van der Waals surface area contributed by atoms with E-state index in [0.29, 0.717) is 0 Å². The normalized spacial score (nSPS) is 12.5. The molecule has 19 heavy (non-hydrogen) atoms. The van der Waals surface area contributed by atoms with Gasteiger partial charge >= 0.3 is 0 Å². The van der Waals surface area contributed by atoms with Crippen molar-refractivity contribution in [3.8, 4) is 5.75 Å². The van der Waals surface area contributed by atoms with Crippen LogP contribution in [0.5, 0.6) is 5.75 Å². The summed E-state index contributed by atoms with van der Waals surface area (Å²) in [6.07, 6.45) is 1.07. The molecule has 2 nitrogen and oxygen atoms in total. The number of benzene rings is 1. The summed E-state index contributed by atoms with van der Waals surface area (Å²) >= 11 is 0. The van der Waals surface area contributed by atoms with Crippen LogP contribution in [0.2, 0.25) is 0 Å². The van der Waals surface area contributed by atoms with Crippen LogP contribution in [0.3, 0.4) is 0 Å². The zero-order chi connectivity index (χ0) is 14.5. The van der Waals surface area contributed by atoms with E-state index >= 15 is 0 Å². The molecule has 0 saturated carbocycles. The lowest BCUT2D eigenvalue weighted by molar-refractivity contribution is 0.166. The molecule has 0 spiro atoms. The highest BCUT2D eigenvalue weighted by atomic mass is 16.5. The standard InChI is InChI=1S/C17H29NO/c1-7-14-8-10-15(11-9-14)19-13-17(5,6)12-18-16(2,3)4/h8-11,18H,7,12-13H2,1-6H3. The van der Waals surface area contributed by atoms with Gasteiger partial charge in [-0.1, -0.05) is 32.9 Å². The van der Waals surface area contributed by atoms with Gasteiger partial charge in [0.15, 0.2) is 0 Å². The Kier molecular flexibility index (Phi) is 5.42. The lowest BCUT2D eigenvalue weighted by Gasteiger charge is -2.30. The molecule has 0 atom stereocenters. The summed E-state index contributed by atoms with van der Waals surface area (Å²) in [4.78, 5) is 0. The maximum atomic E-state index is 5.90. The van der Waals surface area contributed by atoms with Crippen molar-refractivity contribution in [1.82, 2.24) is 5.32 Å². The van der Waals surface area contributed by atoms with E-state index < -0.39 is 0 Å². The van der Waals surface area contributed by atoms with E-state index in [-0.39, 0.29) is 11.0 Å². The maximum absolute atomic E-state index is 5.90. The quantitative estimate of drug-likeness (QED) is 0.836. The fourth-order valence-electron chi connectivity index (χ4n) is 1.66. The first kappa shape index (κ1) is 16.0. The summed E-state index contributed by atoms with van der Waals surface area (Å²) in [6, 6.07) is 8.39. The molecule has 1 aromatic carbocycles. The van der Waals surface area contributed by atoms with Crippen LogP contribution in [-0.4, -0.2) is 18.7 Å². The van der Waals surface area contributed by atoms with E-state index in [4.69, 9.17) is 4.74 Å². The Balaban J connectivity index is 2.45. The summed E-state index contributed by atoms with van der Waals surface area (Å²) < 4.78 is 5.90. The monoisotopic (exact) mass is 263 g/mol. The van der Waals surface area contributed by atoms with Gasteiger partial charge in [-0.2, -0.15) is 0 Å². The predicted octanol–water partition coefficient (Wildman–Crippen LogP) is 4.04. The summed E-state index contributed by atoms with van der Waals surface area (Å²) in [7, 11) is 0. The molecular weight excluding hydrogens is 234 g/mol. The average Bonchev–Trinajstić information content (AvgIpc) is 2.34. The number of hydrogen-bond acceptors (Lipinski definition) is 2. The molecule has 0 aliphatic rings. The van der Waals surface area contributed by atoms with E-state index in [0.717, 1.165) is 25.3 Å². The van der Waals surface area contributed by atoms with Crippen molar-refractivity contribution >= 4 is 0 Å². The number of ether oxygens (including phenoxy) is 1. The largest absolute Gasteiger partial charge is 0.493 e. The molecule has 0 heterocycles. The van der Waals surface area contributed by atoms with Crippen LogP contribution in [0.1, 0.15) is 47.1 Å². The minimum absolute atomic E-state index is 0.122. The van der Waals surface area contributed by atoms with Crippen molar-refractivity contribution in [1.29, 1.82) is 0 Å². The molecule has 0 unspecified atom stereocenters. The molecule has 1 aromatic rings. The molecular formula is C17H29NO. The first-order valence-corrected chi connectivity index (χ1v) is 7.19. The highest BCUT2D eigenvalue weighted by Crippen LogP contribution is 2.19. The molecule has 2 heteroatoms. The first-order valence-electron chi connectivity index (χ1n) is 7.19. The summed E-state index contributed by atoms with van der Waals surface area (Å²) in [5.74, 6) is 0.959. The van der Waals surface area contributed by atoms with Crippen LogP contribution in [0.4, 0.5) is 0 Å². The van der Waals surface area contributed by atoms with E-state index in [2.05, 4.69) is 71.1 Å². The number of hydrogen-bond donors (Lipinski definition) is 1. The maximum Gasteiger partial charge on any atom is 0.119 e. The molecule has 0 aromatic heterocycles. The van der Waals surface area contributed by atoms with Gasteiger partial charge in [0.2, 0.25) is 0 Å². The fourth-order valence-corrected chi connectivity index (χ4v) is 1.66. The van der Waals surface area contributed by atoms with Crippen LogP contribution in [0.15, 0.2) is 24.3 Å². The lowest BCUT2D eigenvalue weighted by Crippen LogP contribution is -2.43. The van der Waals surface area contributed by atoms with Gasteiger partial charge in [0.1, 0.15) is 5.75 Å². The minimum Gasteiger partial charge on any atom is -0.493 e. The summed E-state index contributed by atoms with van der Waals surface area (Å²) in [5, 5.41) is 3.54. The van der Waals surface area contributed by atoms with Gasteiger partial charge in [0.05, 0.1) is 6.61 Å². The highest BCUT2D eigenvalue weighted by molar-refractivity contribution is 5.27. The van der Waals surface area contributed by atoms with Crippen molar-refractivity contribution in [2.45, 2.75) is 53.5 Å². The van der Waals surface area contributed by atoms with Crippen LogP contribution in [0.25, 0.3) is 0 Å². The molecule has 108 valence electrons. The third-order valence-corrected chi connectivity index (χ3v) is 3.06. The first-order chi connectivity index (χ1) is 8.72. The van der Waals surface area contributed by atoms with Gasteiger partial charge in [-0.15, -0.1) is 0 Å². The average molecular weight is 263 g/mol. The lowest BCUT2D eigenvalue weighted by atomic mass is 9.93. The fraction of sp³-hybridized carbons (Fsp3) is 0.647. The van der Waals surface area contributed by atoms with Gasteiger partial charge in [0, 0.05) is 17.5 Å². The van der Waals surface area contributed by atoms with Gasteiger partial charge in [0.25, 0.3) is 0 Å². The van der Waals surface area contributed by atoms with Gasteiger partial charge in [-0.05, 0) is 44.9 Å². The Morgan fingerprint density at radius 2 is 1.58 bits per heavy atom. The molecule has 0 aliphatic carbocycles. The third kappa shape index (κ3) is 6.63. The molecule has 0 saturated heterocycles. The zero-order valence-corrected chi connectivity index (χ0v) is 13.3. The van der Waals surface area contributed by atoms with Gasteiger partial charge in [-0.3, -0.25) is 0 Å². The smallest absolute Gasteiger partial charge is 0.119 e. The van der Waals surface area contributed by atoms with Crippen LogP contribution in [-0.2, 0) is 6.42 Å². The van der Waals surface area contributed by atoms with E-state index in [9.17, 15) is 0 Å².